The highest BCUT2D eigenvalue weighted by atomic mass is 19.4. The smallest absolute Gasteiger partial charge is 0.434 e. The van der Waals surface area contributed by atoms with Gasteiger partial charge in [0.05, 0.1) is 5.56 Å². The van der Waals surface area contributed by atoms with Crippen molar-refractivity contribution in [2.45, 2.75) is 12.7 Å². The summed E-state index contributed by atoms with van der Waals surface area (Å²) in [6.45, 7) is 0.325. The minimum absolute atomic E-state index is 0.325. The van der Waals surface area contributed by atoms with E-state index in [0.717, 1.165) is 12.3 Å². The molecule has 0 spiro atoms. The summed E-state index contributed by atoms with van der Waals surface area (Å²) in [5.41, 5.74) is -1.77. The molecule has 7 heteroatoms. The Morgan fingerprint density at radius 2 is 2.06 bits per heavy atom. The molecule has 0 radical (unpaired) electrons. The first-order valence-corrected chi connectivity index (χ1v) is 4.66. The Labute approximate surface area is 95.7 Å². The molecular formula is C10H11F3N2O2. The molecule has 0 aromatic carbocycles. The molecule has 0 amide bonds. The molecule has 0 aliphatic heterocycles. The minimum Gasteiger partial charge on any atom is -0.478 e. The summed E-state index contributed by atoms with van der Waals surface area (Å²) in [6.07, 6.45) is -3.72. The summed E-state index contributed by atoms with van der Waals surface area (Å²) >= 11 is 0. The van der Waals surface area contributed by atoms with Gasteiger partial charge in [0, 0.05) is 12.7 Å². The van der Waals surface area contributed by atoms with Crippen LogP contribution >= 0.6 is 0 Å². The van der Waals surface area contributed by atoms with Crippen molar-refractivity contribution in [1.82, 2.24) is 9.88 Å². The average Bonchev–Trinajstić information content (AvgIpc) is 2.14. The highest BCUT2D eigenvalue weighted by molar-refractivity contribution is 5.89. The zero-order valence-electron chi connectivity index (χ0n) is 9.25. The molecule has 94 valence electrons. The van der Waals surface area contributed by atoms with Crippen LogP contribution in [0.15, 0.2) is 12.3 Å². The number of alkyl halides is 3. The molecule has 0 bridgehead atoms. The van der Waals surface area contributed by atoms with Crippen LogP contribution in [0.3, 0.4) is 0 Å². The fourth-order valence-electron chi connectivity index (χ4n) is 1.35. The van der Waals surface area contributed by atoms with Crippen LogP contribution in [-0.4, -0.2) is 35.1 Å². The number of hydrogen-bond acceptors (Lipinski definition) is 3. The summed E-state index contributed by atoms with van der Waals surface area (Å²) in [6, 6.07) is 0.998. The summed E-state index contributed by atoms with van der Waals surface area (Å²) in [5.74, 6) is -1.63. The van der Waals surface area contributed by atoms with Gasteiger partial charge in [-0.2, -0.15) is 13.2 Å². The van der Waals surface area contributed by atoms with Gasteiger partial charge in [0.1, 0.15) is 0 Å². The Bertz CT molecular complexity index is 430. The standard InChI is InChI=1S/C10H11F3N2O2/c1-15(2)5-6-3-7(9(16)17)8(14-4-6)10(11,12)13/h3-4H,5H2,1-2H3,(H,16,17). The van der Waals surface area contributed by atoms with E-state index in [0.29, 0.717) is 12.1 Å². The number of carboxylic acid groups (broad SMARTS) is 1. The van der Waals surface area contributed by atoms with Gasteiger partial charge in [-0.1, -0.05) is 0 Å². The second-order valence-corrected chi connectivity index (χ2v) is 3.78. The Hall–Kier alpha value is -1.63. The van der Waals surface area contributed by atoms with Gasteiger partial charge in [0.15, 0.2) is 5.69 Å². The monoisotopic (exact) mass is 248 g/mol. The highest BCUT2D eigenvalue weighted by Crippen LogP contribution is 2.30. The summed E-state index contributed by atoms with van der Waals surface area (Å²) in [7, 11) is 3.44. The molecule has 4 nitrogen and oxygen atoms in total. The largest absolute Gasteiger partial charge is 0.478 e. The number of carbonyl (C=O) groups is 1. The zero-order valence-corrected chi connectivity index (χ0v) is 9.25. The van der Waals surface area contributed by atoms with Crippen molar-refractivity contribution in [3.63, 3.8) is 0 Å². The molecule has 0 aliphatic rings. The maximum absolute atomic E-state index is 12.5. The quantitative estimate of drug-likeness (QED) is 0.887. The van der Waals surface area contributed by atoms with Crippen LogP contribution < -0.4 is 0 Å². The zero-order chi connectivity index (χ0) is 13.2. The van der Waals surface area contributed by atoms with Gasteiger partial charge < -0.3 is 10.0 Å². The van der Waals surface area contributed by atoms with Gasteiger partial charge in [0.25, 0.3) is 0 Å². The molecular weight excluding hydrogens is 237 g/mol. The van der Waals surface area contributed by atoms with E-state index < -0.39 is 23.4 Å². The number of hydrogen-bond donors (Lipinski definition) is 1. The third-order valence-corrected chi connectivity index (χ3v) is 1.94. The summed E-state index contributed by atoms with van der Waals surface area (Å²) in [5, 5.41) is 8.73. The topological polar surface area (TPSA) is 53.4 Å². The van der Waals surface area contributed by atoms with E-state index in [1.54, 1.807) is 19.0 Å². The lowest BCUT2D eigenvalue weighted by Gasteiger charge is -2.13. The maximum Gasteiger partial charge on any atom is 0.434 e. The third-order valence-electron chi connectivity index (χ3n) is 1.94. The predicted molar refractivity (Wildman–Crippen MR) is 53.6 cm³/mol. The SMILES string of the molecule is CN(C)Cc1cnc(C(F)(F)F)c(C(=O)O)c1. The Kier molecular flexibility index (Phi) is 3.72. The first kappa shape index (κ1) is 13.4. The Balaban J connectivity index is 3.23. The van der Waals surface area contributed by atoms with E-state index in [-0.39, 0.29) is 0 Å². The number of halogens is 3. The van der Waals surface area contributed by atoms with Crippen LogP contribution in [0.1, 0.15) is 21.6 Å². The van der Waals surface area contributed by atoms with E-state index in [1.807, 2.05) is 0 Å². The number of aromatic nitrogens is 1. The Morgan fingerprint density at radius 3 is 2.47 bits per heavy atom. The van der Waals surface area contributed by atoms with E-state index in [9.17, 15) is 18.0 Å². The van der Waals surface area contributed by atoms with Crippen molar-refractivity contribution < 1.29 is 23.1 Å². The highest BCUT2D eigenvalue weighted by Gasteiger charge is 2.37. The van der Waals surface area contributed by atoms with Gasteiger partial charge in [0.2, 0.25) is 0 Å². The van der Waals surface area contributed by atoms with Gasteiger partial charge in [-0.3, -0.25) is 4.98 Å². The second-order valence-electron chi connectivity index (χ2n) is 3.78. The normalized spacial score (nSPS) is 11.9. The van der Waals surface area contributed by atoms with Crippen LogP contribution in [0.5, 0.6) is 0 Å². The molecule has 0 fully saturated rings. The first-order valence-electron chi connectivity index (χ1n) is 4.66. The van der Waals surface area contributed by atoms with Crippen molar-refractivity contribution in [1.29, 1.82) is 0 Å². The van der Waals surface area contributed by atoms with Crippen molar-refractivity contribution in [3.8, 4) is 0 Å². The van der Waals surface area contributed by atoms with Crippen molar-refractivity contribution in [2.24, 2.45) is 0 Å². The number of aromatic carboxylic acids is 1. The lowest BCUT2D eigenvalue weighted by molar-refractivity contribution is -0.141. The van der Waals surface area contributed by atoms with E-state index >= 15 is 0 Å². The molecule has 1 aromatic heterocycles. The van der Waals surface area contributed by atoms with E-state index in [1.165, 1.54) is 0 Å². The van der Waals surface area contributed by atoms with Crippen LogP contribution in [0, 0.1) is 0 Å². The fraction of sp³-hybridized carbons (Fsp3) is 0.400. The third kappa shape index (κ3) is 3.42. The Morgan fingerprint density at radius 1 is 1.47 bits per heavy atom. The predicted octanol–water partition coefficient (Wildman–Crippen LogP) is 1.86. The number of rotatable bonds is 3. The number of carboxylic acids is 1. The molecule has 1 aromatic rings. The summed E-state index contributed by atoms with van der Waals surface area (Å²) in [4.78, 5) is 15.6. The van der Waals surface area contributed by atoms with Crippen LogP contribution in [0.4, 0.5) is 13.2 Å². The average molecular weight is 248 g/mol. The van der Waals surface area contributed by atoms with Gasteiger partial charge in [-0.15, -0.1) is 0 Å². The molecule has 0 saturated carbocycles. The van der Waals surface area contributed by atoms with Crippen molar-refractivity contribution >= 4 is 5.97 Å². The molecule has 1 rings (SSSR count). The second kappa shape index (κ2) is 4.70. The molecule has 0 saturated heterocycles. The lowest BCUT2D eigenvalue weighted by atomic mass is 10.1. The maximum atomic E-state index is 12.5. The molecule has 1 N–H and O–H groups in total. The molecule has 0 atom stereocenters. The van der Waals surface area contributed by atoms with Crippen LogP contribution in [0.25, 0.3) is 0 Å². The number of pyridine rings is 1. The van der Waals surface area contributed by atoms with Gasteiger partial charge >= 0.3 is 12.1 Å². The summed E-state index contributed by atoms with van der Waals surface area (Å²) < 4.78 is 37.4. The van der Waals surface area contributed by atoms with Gasteiger partial charge in [-0.05, 0) is 25.7 Å². The molecule has 0 unspecified atom stereocenters. The van der Waals surface area contributed by atoms with Crippen LogP contribution in [-0.2, 0) is 12.7 Å². The van der Waals surface area contributed by atoms with E-state index in [4.69, 9.17) is 5.11 Å². The first-order chi connectivity index (χ1) is 7.71. The minimum atomic E-state index is -4.76. The van der Waals surface area contributed by atoms with Gasteiger partial charge in [-0.25, -0.2) is 4.79 Å². The fourth-order valence-corrected chi connectivity index (χ4v) is 1.35. The van der Waals surface area contributed by atoms with E-state index in [2.05, 4.69) is 4.98 Å². The molecule has 1 heterocycles. The molecule has 17 heavy (non-hydrogen) atoms. The van der Waals surface area contributed by atoms with Crippen LogP contribution in [0.2, 0.25) is 0 Å². The van der Waals surface area contributed by atoms with Crippen molar-refractivity contribution in [3.05, 3.63) is 29.1 Å². The lowest BCUT2D eigenvalue weighted by Crippen LogP contribution is -2.17. The van der Waals surface area contributed by atoms with Crippen molar-refractivity contribution in [2.75, 3.05) is 14.1 Å². The molecule has 0 aliphatic carbocycles. The number of nitrogens with zero attached hydrogens (tertiary/aromatic N) is 2.